The number of para-hydroxylation sites is 3. The third-order valence-corrected chi connectivity index (χ3v) is 9.59. The van der Waals surface area contributed by atoms with E-state index < -0.39 is 0 Å². The quantitative estimate of drug-likeness (QED) is 0.188. The van der Waals surface area contributed by atoms with Gasteiger partial charge in [-0.25, -0.2) is 4.98 Å². The molecule has 234 valence electrons. The molecule has 0 N–H and O–H groups in total. The summed E-state index contributed by atoms with van der Waals surface area (Å²) in [6.07, 6.45) is 0. The normalized spacial score (nSPS) is 11.6. The minimum atomic E-state index is 0.574. The van der Waals surface area contributed by atoms with E-state index in [2.05, 4.69) is 149 Å². The van der Waals surface area contributed by atoms with Crippen molar-refractivity contribution >= 4 is 43.6 Å². The van der Waals surface area contributed by atoms with Crippen molar-refractivity contribution < 1.29 is 0 Å². The Kier molecular flexibility index (Phi) is 6.42. The van der Waals surface area contributed by atoms with Gasteiger partial charge in [-0.15, -0.1) is 0 Å². The number of hydrogen-bond acceptors (Lipinski definition) is 3. The molecular weight excluding hydrogens is 611 g/mol. The van der Waals surface area contributed by atoms with Gasteiger partial charge in [-0.2, -0.15) is 9.97 Å². The van der Waals surface area contributed by atoms with E-state index in [1.165, 1.54) is 16.3 Å². The molecule has 5 heteroatoms. The lowest BCUT2D eigenvalue weighted by molar-refractivity contribution is 0.953. The van der Waals surface area contributed by atoms with Crippen LogP contribution in [0.2, 0.25) is 0 Å². The Morgan fingerprint density at radius 1 is 0.320 bits per heavy atom. The first-order valence-corrected chi connectivity index (χ1v) is 16.8. The first-order valence-electron chi connectivity index (χ1n) is 16.8. The van der Waals surface area contributed by atoms with Crippen LogP contribution in [0.1, 0.15) is 0 Å². The summed E-state index contributed by atoms with van der Waals surface area (Å²) in [6, 6.07) is 61.4. The fourth-order valence-electron chi connectivity index (χ4n) is 7.39. The maximum atomic E-state index is 5.23. The lowest BCUT2D eigenvalue weighted by atomic mass is 10.0. The third-order valence-electron chi connectivity index (χ3n) is 9.59. The minimum Gasteiger partial charge on any atom is -0.307 e. The van der Waals surface area contributed by atoms with Crippen molar-refractivity contribution in [2.24, 2.45) is 0 Å². The van der Waals surface area contributed by atoms with Crippen molar-refractivity contribution in [1.29, 1.82) is 0 Å². The highest BCUT2D eigenvalue weighted by molar-refractivity contribution is 6.23. The Hall–Kier alpha value is -6.85. The van der Waals surface area contributed by atoms with Crippen LogP contribution in [0, 0.1) is 0 Å². The number of fused-ring (bicyclic) bond motifs is 7. The van der Waals surface area contributed by atoms with Crippen LogP contribution in [-0.2, 0) is 0 Å². The van der Waals surface area contributed by atoms with Gasteiger partial charge in [0.2, 0.25) is 5.95 Å². The van der Waals surface area contributed by atoms with E-state index in [1.807, 2.05) is 36.4 Å². The molecule has 0 saturated heterocycles. The molecule has 7 aromatic carbocycles. The lowest BCUT2D eigenvalue weighted by Crippen LogP contribution is -2.07. The molecule has 5 nitrogen and oxygen atoms in total. The summed E-state index contributed by atoms with van der Waals surface area (Å²) in [5, 5.41) is 4.63. The molecule has 0 aliphatic heterocycles. The van der Waals surface area contributed by atoms with Crippen LogP contribution in [0.5, 0.6) is 0 Å². The zero-order chi connectivity index (χ0) is 33.0. The number of hydrogen-bond donors (Lipinski definition) is 0. The maximum Gasteiger partial charge on any atom is 0.238 e. The van der Waals surface area contributed by atoms with Crippen LogP contribution in [0.15, 0.2) is 176 Å². The molecule has 0 spiro atoms. The molecule has 10 rings (SSSR count). The van der Waals surface area contributed by atoms with E-state index in [0.29, 0.717) is 17.6 Å². The predicted octanol–water partition coefficient (Wildman–Crippen LogP) is 11.1. The van der Waals surface area contributed by atoms with Gasteiger partial charge in [0.25, 0.3) is 0 Å². The average Bonchev–Trinajstić information content (AvgIpc) is 3.72. The number of aromatic nitrogens is 5. The highest BCUT2D eigenvalue weighted by Crippen LogP contribution is 2.43. The van der Waals surface area contributed by atoms with Crippen molar-refractivity contribution in [2.45, 2.75) is 0 Å². The van der Waals surface area contributed by atoms with E-state index in [1.54, 1.807) is 0 Å². The zero-order valence-corrected chi connectivity index (χ0v) is 27.0. The van der Waals surface area contributed by atoms with Gasteiger partial charge in [-0.05, 0) is 23.8 Å². The van der Waals surface area contributed by atoms with Gasteiger partial charge < -0.3 is 4.57 Å². The number of rotatable bonds is 5. The van der Waals surface area contributed by atoms with Crippen LogP contribution in [0.3, 0.4) is 0 Å². The molecule has 0 radical (unpaired) electrons. The Morgan fingerprint density at radius 2 is 0.760 bits per heavy atom. The average molecular weight is 640 g/mol. The molecule has 0 bridgehead atoms. The molecule has 50 heavy (non-hydrogen) atoms. The highest BCUT2D eigenvalue weighted by atomic mass is 15.2. The summed E-state index contributed by atoms with van der Waals surface area (Å²) < 4.78 is 4.68. The van der Waals surface area contributed by atoms with Crippen molar-refractivity contribution in [3.8, 4) is 45.5 Å². The predicted molar refractivity (Wildman–Crippen MR) is 205 cm³/mol. The summed E-state index contributed by atoms with van der Waals surface area (Å²) in [5.74, 6) is 1.83. The number of benzene rings is 7. The second-order valence-corrected chi connectivity index (χ2v) is 12.5. The lowest BCUT2D eigenvalue weighted by Gasteiger charge is -2.16. The largest absolute Gasteiger partial charge is 0.307 e. The van der Waals surface area contributed by atoms with Gasteiger partial charge in [0.1, 0.15) is 0 Å². The first-order chi connectivity index (χ1) is 24.8. The third kappa shape index (κ3) is 4.37. The fourth-order valence-corrected chi connectivity index (χ4v) is 7.39. The van der Waals surface area contributed by atoms with Crippen molar-refractivity contribution in [1.82, 2.24) is 24.1 Å². The van der Waals surface area contributed by atoms with Gasteiger partial charge in [0.15, 0.2) is 11.6 Å². The Balaban J connectivity index is 1.39. The molecule has 0 aliphatic rings. The molecule has 0 amide bonds. The molecule has 10 aromatic rings. The topological polar surface area (TPSA) is 48.5 Å². The molecular formula is C45H29N5. The van der Waals surface area contributed by atoms with E-state index in [9.17, 15) is 0 Å². The second-order valence-electron chi connectivity index (χ2n) is 12.5. The summed E-state index contributed by atoms with van der Waals surface area (Å²) >= 11 is 0. The fraction of sp³-hybridized carbons (Fsp3) is 0. The van der Waals surface area contributed by atoms with E-state index in [4.69, 9.17) is 15.0 Å². The van der Waals surface area contributed by atoms with Crippen molar-refractivity contribution in [3.63, 3.8) is 0 Å². The van der Waals surface area contributed by atoms with E-state index in [0.717, 1.165) is 55.2 Å². The highest BCUT2D eigenvalue weighted by Gasteiger charge is 2.24. The van der Waals surface area contributed by atoms with Crippen LogP contribution < -0.4 is 0 Å². The SMILES string of the molecule is c1ccc(-c2nc(-c3ccccc3)nc(-n3c4ccccc4c4ccc5c6ccccc6n(-c6ccccc6-c6ccccc6)c5c43)n2)cc1. The summed E-state index contributed by atoms with van der Waals surface area (Å²) in [4.78, 5) is 15.5. The van der Waals surface area contributed by atoms with Crippen LogP contribution in [-0.4, -0.2) is 24.1 Å². The molecule has 0 atom stereocenters. The van der Waals surface area contributed by atoms with E-state index in [-0.39, 0.29) is 0 Å². The monoisotopic (exact) mass is 639 g/mol. The van der Waals surface area contributed by atoms with Gasteiger partial charge in [0, 0.05) is 38.2 Å². The Bertz CT molecular complexity index is 2800. The van der Waals surface area contributed by atoms with Gasteiger partial charge >= 0.3 is 0 Å². The molecule has 3 heterocycles. The van der Waals surface area contributed by atoms with Gasteiger partial charge in [-0.1, -0.05) is 158 Å². The summed E-state index contributed by atoms with van der Waals surface area (Å²) in [6.45, 7) is 0. The summed E-state index contributed by atoms with van der Waals surface area (Å²) in [5.41, 5.74) is 9.63. The first kappa shape index (κ1) is 28.2. The zero-order valence-electron chi connectivity index (χ0n) is 27.0. The van der Waals surface area contributed by atoms with Crippen LogP contribution in [0.25, 0.3) is 89.2 Å². The van der Waals surface area contributed by atoms with Crippen molar-refractivity contribution in [3.05, 3.63) is 176 Å². The Morgan fingerprint density at radius 3 is 1.34 bits per heavy atom. The van der Waals surface area contributed by atoms with Crippen LogP contribution >= 0.6 is 0 Å². The maximum absolute atomic E-state index is 5.23. The van der Waals surface area contributed by atoms with Crippen molar-refractivity contribution in [2.75, 3.05) is 0 Å². The van der Waals surface area contributed by atoms with E-state index >= 15 is 0 Å². The van der Waals surface area contributed by atoms with Crippen LogP contribution in [0.4, 0.5) is 0 Å². The standard InChI is InChI=1S/C45H29N5/c1-4-16-30(17-5-1)33-22-10-13-25-38(33)49-39-26-14-11-23-34(39)36-28-29-37-35-24-12-15-27-40(35)50(42(37)41(36)49)45-47-43(31-18-6-2-7-19-31)46-44(48-45)32-20-8-3-9-21-32/h1-29H. The Labute approximate surface area is 288 Å². The minimum absolute atomic E-state index is 0.574. The van der Waals surface area contributed by atoms with Gasteiger partial charge in [0.05, 0.1) is 27.8 Å². The molecule has 0 saturated carbocycles. The molecule has 0 unspecified atom stereocenters. The molecule has 0 fully saturated rings. The molecule has 0 aliphatic carbocycles. The second kappa shape index (κ2) is 11.4. The smallest absolute Gasteiger partial charge is 0.238 e. The number of nitrogens with zero attached hydrogens (tertiary/aromatic N) is 5. The summed E-state index contributed by atoms with van der Waals surface area (Å²) in [7, 11) is 0. The molecule has 3 aromatic heterocycles. The van der Waals surface area contributed by atoms with Gasteiger partial charge in [-0.3, -0.25) is 4.57 Å².